The molecule has 2 atom stereocenters. The van der Waals surface area contributed by atoms with Crippen LogP contribution in [-0.4, -0.2) is 70.4 Å². The van der Waals surface area contributed by atoms with Gasteiger partial charge in [0.05, 0.1) is 56.8 Å². The van der Waals surface area contributed by atoms with Crippen LogP contribution in [0, 0.1) is 0 Å². The first kappa shape index (κ1) is 30.8. The number of nitrogens with two attached hydrogens (primary N) is 1. The maximum absolute atomic E-state index is 13.1. The molecule has 12 heteroatoms. The molecule has 1 aromatic carbocycles. The normalized spacial score (nSPS) is 15.9. The number of amides is 1. The summed E-state index contributed by atoms with van der Waals surface area (Å²) in [4.78, 5) is 49.3. The molecule has 208 valence electrons. The topological polar surface area (TPSA) is 155 Å². The van der Waals surface area contributed by atoms with E-state index in [1.807, 2.05) is 0 Å². The van der Waals surface area contributed by atoms with Crippen LogP contribution in [0.15, 0.2) is 46.8 Å². The zero-order valence-corrected chi connectivity index (χ0v) is 22.7. The van der Waals surface area contributed by atoms with E-state index in [-0.39, 0.29) is 56.3 Å². The van der Waals surface area contributed by atoms with Crippen molar-refractivity contribution in [1.29, 1.82) is 0 Å². The van der Waals surface area contributed by atoms with Crippen LogP contribution >= 0.6 is 11.6 Å². The maximum atomic E-state index is 13.1. The molecular weight excluding hydrogens is 518 g/mol. The Bertz CT molecular complexity index is 1100. The molecule has 0 saturated carbocycles. The second-order valence-electron chi connectivity index (χ2n) is 8.29. The highest BCUT2D eigenvalue weighted by Gasteiger charge is 2.39. The van der Waals surface area contributed by atoms with Crippen LogP contribution in [0.25, 0.3) is 0 Å². The summed E-state index contributed by atoms with van der Waals surface area (Å²) >= 11 is 6.48. The van der Waals surface area contributed by atoms with Gasteiger partial charge in [-0.25, -0.2) is 9.59 Å². The summed E-state index contributed by atoms with van der Waals surface area (Å²) in [5.74, 6) is -2.98. The number of allylic oxidation sites excluding steroid dienone is 1. The Kier molecular flexibility index (Phi) is 12.3. The molecule has 0 spiro atoms. The van der Waals surface area contributed by atoms with Gasteiger partial charge < -0.3 is 35.3 Å². The van der Waals surface area contributed by atoms with Crippen LogP contribution in [0.5, 0.6) is 0 Å². The summed E-state index contributed by atoms with van der Waals surface area (Å²) in [6, 6.07) is 6.03. The Morgan fingerprint density at radius 2 is 1.82 bits per heavy atom. The van der Waals surface area contributed by atoms with Crippen LogP contribution < -0.4 is 16.4 Å². The Balaban J connectivity index is 2.19. The zero-order chi connectivity index (χ0) is 28.2. The van der Waals surface area contributed by atoms with E-state index < -0.39 is 29.9 Å². The van der Waals surface area contributed by atoms with Crippen molar-refractivity contribution < 1.29 is 38.1 Å². The Hall–Kier alpha value is -3.41. The smallest absolute Gasteiger partial charge is 0.336 e. The highest BCUT2D eigenvalue weighted by Crippen LogP contribution is 2.41. The molecule has 1 aliphatic heterocycles. The molecule has 0 aliphatic carbocycles. The van der Waals surface area contributed by atoms with Gasteiger partial charge >= 0.3 is 17.9 Å². The van der Waals surface area contributed by atoms with Crippen molar-refractivity contribution in [3.63, 3.8) is 0 Å². The van der Waals surface area contributed by atoms with Gasteiger partial charge in [-0.1, -0.05) is 29.8 Å². The minimum atomic E-state index is -0.871. The first-order chi connectivity index (χ1) is 18.2. The van der Waals surface area contributed by atoms with Gasteiger partial charge in [-0.15, -0.1) is 0 Å². The van der Waals surface area contributed by atoms with Crippen molar-refractivity contribution in [3.8, 4) is 0 Å². The fourth-order valence-corrected chi connectivity index (χ4v) is 4.19. The van der Waals surface area contributed by atoms with E-state index in [9.17, 15) is 19.2 Å². The first-order valence-corrected chi connectivity index (χ1v) is 12.4. The minimum Gasteiger partial charge on any atom is -0.468 e. The summed E-state index contributed by atoms with van der Waals surface area (Å²) < 4.78 is 20.6. The second-order valence-corrected chi connectivity index (χ2v) is 8.70. The summed E-state index contributed by atoms with van der Waals surface area (Å²) in [5.41, 5.74) is 7.44. The van der Waals surface area contributed by atoms with Crippen molar-refractivity contribution in [2.75, 3.05) is 40.6 Å². The molecule has 1 amide bonds. The highest BCUT2D eigenvalue weighted by molar-refractivity contribution is 6.31. The van der Waals surface area contributed by atoms with Gasteiger partial charge in [-0.05, 0) is 31.9 Å². The van der Waals surface area contributed by atoms with Crippen LogP contribution in [0.1, 0.15) is 38.2 Å². The molecule has 4 N–H and O–H groups in total. The van der Waals surface area contributed by atoms with E-state index in [0.717, 1.165) is 0 Å². The van der Waals surface area contributed by atoms with Crippen molar-refractivity contribution in [3.05, 3.63) is 57.4 Å². The van der Waals surface area contributed by atoms with Gasteiger partial charge in [0.1, 0.15) is 6.04 Å². The molecule has 1 aromatic rings. The predicted octanol–water partition coefficient (Wildman–Crippen LogP) is 1.70. The van der Waals surface area contributed by atoms with Crippen LogP contribution in [0.4, 0.5) is 0 Å². The lowest BCUT2D eigenvalue weighted by molar-refractivity contribution is -0.142. The monoisotopic (exact) mass is 551 g/mol. The molecule has 38 heavy (non-hydrogen) atoms. The average molecular weight is 552 g/mol. The third kappa shape index (κ3) is 8.04. The fraction of sp³-hybridized carbons (Fsp3) is 0.462. The number of nitrogens with one attached hydrogen (secondary N) is 2. The van der Waals surface area contributed by atoms with Gasteiger partial charge in [-0.2, -0.15) is 0 Å². The van der Waals surface area contributed by atoms with Crippen LogP contribution in [0.2, 0.25) is 5.02 Å². The molecule has 2 rings (SSSR count). The Morgan fingerprint density at radius 3 is 2.45 bits per heavy atom. The number of benzene rings is 1. The van der Waals surface area contributed by atoms with E-state index in [2.05, 4.69) is 15.4 Å². The molecular formula is C26H34ClN3O8. The number of carbonyl (C=O) groups is 4. The molecule has 1 heterocycles. The first-order valence-electron chi connectivity index (χ1n) is 12.0. The zero-order valence-electron chi connectivity index (χ0n) is 21.9. The highest BCUT2D eigenvalue weighted by atomic mass is 35.5. The number of dihydropyridines is 1. The predicted molar refractivity (Wildman–Crippen MR) is 139 cm³/mol. The third-order valence-corrected chi connectivity index (χ3v) is 6.11. The number of methoxy groups -OCH3 is 2. The maximum Gasteiger partial charge on any atom is 0.336 e. The van der Waals surface area contributed by atoms with Gasteiger partial charge in [0.2, 0.25) is 5.91 Å². The molecule has 0 aromatic heterocycles. The number of hydrogen-bond acceptors (Lipinski definition) is 10. The lowest BCUT2D eigenvalue weighted by Crippen LogP contribution is -2.35. The Morgan fingerprint density at radius 1 is 1.11 bits per heavy atom. The van der Waals surface area contributed by atoms with Crippen molar-refractivity contribution in [1.82, 2.24) is 10.6 Å². The average Bonchev–Trinajstić information content (AvgIpc) is 2.90. The number of hydrogen-bond donors (Lipinski definition) is 3. The standard InChI is InChI=1S/C26H34ClN3O8/c1-5-38-26(34)23-19(14-37-13-12-29-20(31)11-10-18(28)24(32)35-3)30-15(2)21(25(33)36-4)22(23)16-8-6-7-9-17(16)27/h6-9,18,22,30H,5,10-14,28H2,1-4H3,(H,29,31)/t18-,22?/m0/s1. The van der Waals surface area contributed by atoms with Crippen molar-refractivity contribution in [2.45, 2.75) is 38.6 Å². The van der Waals surface area contributed by atoms with Gasteiger partial charge in [0.15, 0.2) is 0 Å². The van der Waals surface area contributed by atoms with Gasteiger partial charge in [0.25, 0.3) is 0 Å². The Labute approximate surface area is 226 Å². The molecule has 0 saturated heterocycles. The van der Waals surface area contributed by atoms with E-state index in [0.29, 0.717) is 22.0 Å². The van der Waals surface area contributed by atoms with Crippen LogP contribution in [-0.2, 0) is 38.1 Å². The summed E-state index contributed by atoms with van der Waals surface area (Å²) in [6.07, 6.45) is 0.201. The van der Waals surface area contributed by atoms with Crippen molar-refractivity contribution >= 4 is 35.4 Å². The summed E-state index contributed by atoms with van der Waals surface area (Å²) in [5, 5.41) is 6.13. The van der Waals surface area contributed by atoms with Gasteiger partial charge in [-0.3, -0.25) is 9.59 Å². The quantitative estimate of drug-likeness (QED) is 0.187. The molecule has 1 unspecified atom stereocenters. The lowest BCUT2D eigenvalue weighted by atomic mass is 9.80. The second kappa shape index (κ2) is 15.1. The number of ether oxygens (including phenoxy) is 4. The number of carbonyl (C=O) groups excluding carboxylic acids is 4. The van der Waals surface area contributed by atoms with Crippen LogP contribution in [0.3, 0.4) is 0 Å². The molecule has 0 radical (unpaired) electrons. The number of halogens is 1. The van der Waals surface area contributed by atoms with E-state index in [1.165, 1.54) is 14.2 Å². The lowest BCUT2D eigenvalue weighted by Gasteiger charge is -2.31. The minimum absolute atomic E-state index is 0.0377. The molecule has 0 fully saturated rings. The molecule has 11 nitrogen and oxygen atoms in total. The van der Waals surface area contributed by atoms with E-state index in [4.69, 9.17) is 31.5 Å². The summed E-state index contributed by atoms with van der Waals surface area (Å²) in [6.45, 7) is 3.76. The SMILES string of the molecule is CCOC(=O)C1=C(COCCNC(=O)CC[C@H](N)C(=O)OC)NC(C)=C(C(=O)OC)C1c1ccccc1Cl. The summed E-state index contributed by atoms with van der Waals surface area (Å²) in [7, 11) is 2.49. The number of esters is 3. The molecule has 0 bridgehead atoms. The fourth-order valence-electron chi connectivity index (χ4n) is 3.94. The van der Waals surface area contributed by atoms with Crippen molar-refractivity contribution in [2.24, 2.45) is 5.73 Å². The van der Waals surface area contributed by atoms with Gasteiger partial charge in [0, 0.05) is 23.7 Å². The van der Waals surface area contributed by atoms with E-state index in [1.54, 1.807) is 38.1 Å². The largest absolute Gasteiger partial charge is 0.468 e. The van der Waals surface area contributed by atoms with E-state index >= 15 is 0 Å². The number of rotatable bonds is 13. The third-order valence-electron chi connectivity index (χ3n) is 5.76. The molecule has 1 aliphatic rings.